The highest BCUT2D eigenvalue weighted by Gasteiger charge is 2.17. The summed E-state index contributed by atoms with van der Waals surface area (Å²) in [6.45, 7) is 0.947. The highest BCUT2D eigenvalue weighted by molar-refractivity contribution is 6.35. The van der Waals surface area contributed by atoms with Gasteiger partial charge in [-0.2, -0.15) is 0 Å². The number of esters is 1. The first-order valence-corrected chi connectivity index (χ1v) is 11.1. The summed E-state index contributed by atoms with van der Waals surface area (Å²) in [7, 11) is 0. The molecule has 1 unspecified atom stereocenters. The minimum absolute atomic E-state index is 0.0437. The monoisotopic (exact) mass is 464 g/mol. The van der Waals surface area contributed by atoms with Gasteiger partial charge in [-0.3, -0.25) is 0 Å². The van der Waals surface area contributed by atoms with E-state index in [2.05, 4.69) is 4.98 Å². The molecule has 0 aliphatic rings. The number of hydrogen-bond donors (Lipinski definition) is 0. The Morgan fingerprint density at radius 3 is 2.41 bits per heavy atom. The number of carbonyl (C=O) groups excluding carboxylic acids is 1. The third kappa shape index (κ3) is 5.58. The molecule has 0 saturated heterocycles. The summed E-state index contributed by atoms with van der Waals surface area (Å²) in [6, 6.07) is 23.0. The highest BCUT2D eigenvalue weighted by atomic mass is 35.5. The molecule has 0 spiro atoms. The first-order chi connectivity index (χ1) is 15.6. The van der Waals surface area contributed by atoms with E-state index >= 15 is 0 Å². The van der Waals surface area contributed by atoms with Crippen molar-refractivity contribution in [2.45, 2.75) is 18.9 Å². The molecule has 0 amide bonds. The fourth-order valence-corrected chi connectivity index (χ4v) is 4.20. The zero-order valence-electron chi connectivity index (χ0n) is 17.3. The van der Waals surface area contributed by atoms with Crippen molar-refractivity contribution in [2.75, 3.05) is 6.61 Å². The number of aromatic nitrogens is 2. The van der Waals surface area contributed by atoms with Crippen LogP contribution in [0.1, 0.15) is 28.3 Å². The number of benzene rings is 3. The molecule has 6 heteroatoms. The second kappa shape index (κ2) is 10.5. The van der Waals surface area contributed by atoms with Crippen LogP contribution in [0.15, 0.2) is 91.5 Å². The number of hydrogen-bond acceptors (Lipinski definition) is 3. The Labute approximate surface area is 197 Å². The zero-order chi connectivity index (χ0) is 22.3. The van der Waals surface area contributed by atoms with Crippen LogP contribution in [0.2, 0.25) is 10.0 Å². The van der Waals surface area contributed by atoms with Gasteiger partial charge in [0, 0.05) is 34.9 Å². The minimum atomic E-state index is -0.340. The van der Waals surface area contributed by atoms with Gasteiger partial charge in [-0.1, -0.05) is 71.7 Å². The van der Waals surface area contributed by atoms with Gasteiger partial charge < -0.3 is 9.30 Å². The maximum absolute atomic E-state index is 12.6. The van der Waals surface area contributed by atoms with Crippen molar-refractivity contribution in [2.24, 2.45) is 0 Å². The number of ether oxygens (including phenoxy) is 1. The Morgan fingerprint density at radius 1 is 0.969 bits per heavy atom. The molecule has 0 radical (unpaired) electrons. The van der Waals surface area contributed by atoms with Gasteiger partial charge in [0.1, 0.15) is 0 Å². The zero-order valence-corrected chi connectivity index (χ0v) is 18.8. The van der Waals surface area contributed by atoms with Crippen molar-refractivity contribution in [3.63, 3.8) is 0 Å². The van der Waals surface area contributed by atoms with E-state index in [0.29, 0.717) is 28.6 Å². The van der Waals surface area contributed by atoms with E-state index in [9.17, 15) is 4.79 Å². The second-order valence-electron chi connectivity index (χ2n) is 7.49. The van der Waals surface area contributed by atoms with Crippen molar-refractivity contribution < 1.29 is 9.53 Å². The quantitative estimate of drug-likeness (QED) is 0.266. The Hall–Kier alpha value is -3.08. The lowest BCUT2D eigenvalue weighted by Gasteiger charge is -2.19. The third-order valence-electron chi connectivity index (χ3n) is 5.32. The van der Waals surface area contributed by atoms with Crippen molar-refractivity contribution in [1.82, 2.24) is 9.55 Å². The number of halogens is 2. The van der Waals surface area contributed by atoms with E-state index in [0.717, 1.165) is 16.7 Å². The van der Waals surface area contributed by atoms with Gasteiger partial charge in [-0.15, -0.1) is 0 Å². The number of imidazole rings is 1. The number of nitrogens with zero attached hydrogens (tertiary/aromatic N) is 2. The predicted octanol–water partition coefficient (Wildman–Crippen LogP) is 6.89. The molecular formula is C26H22Cl2N2O2. The number of carbonyl (C=O) groups is 1. The van der Waals surface area contributed by atoms with E-state index < -0.39 is 0 Å². The van der Waals surface area contributed by atoms with Crippen molar-refractivity contribution in [3.8, 4) is 11.1 Å². The topological polar surface area (TPSA) is 44.1 Å². The fourth-order valence-electron chi connectivity index (χ4n) is 3.63. The lowest BCUT2D eigenvalue weighted by Crippen LogP contribution is -2.14. The summed E-state index contributed by atoms with van der Waals surface area (Å²) in [5, 5.41) is 1.19. The maximum atomic E-state index is 12.6. The molecule has 1 atom stereocenters. The Kier molecular flexibility index (Phi) is 7.25. The lowest BCUT2D eigenvalue weighted by atomic mass is 9.95. The van der Waals surface area contributed by atoms with E-state index in [-0.39, 0.29) is 18.5 Å². The van der Waals surface area contributed by atoms with Gasteiger partial charge in [0.25, 0.3) is 0 Å². The van der Waals surface area contributed by atoms with Gasteiger partial charge in [-0.05, 0) is 47.4 Å². The Bertz CT molecular complexity index is 1160. The molecule has 4 nitrogen and oxygen atoms in total. The largest absolute Gasteiger partial charge is 0.462 e. The first-order valence-electron chi connectivity index (χ1n) is 10.3. The molecule has 0 aliphatic heterocycles. The first kappa shape index (κ1) is 22.1. The summed E-state index contributed by atoms with van der Waals surface area (Å²) in [6.07, 6.45) is 6.02. The molecule has 162 valence electrons. The molecule has 4 rings (SSSR count). The number of rotatable bonds is 8. The third-order valence-corrected chi connectivity index (χ3v) is 5.88. The van der Waals surface area contributed by atoms with Crippen molar-refractivity contribution >= 4 is 29.2 Å². The second-order valence-corrected chi connectivity index (χ2v) is 8.33. The summed E-state index contributed by atoms with van der Waals surface area (Å²) in [4.78, 5) is 16.7. The minimum Gasteiger partial charge on any atom is -0.462 e. The van der Waals surface area contributed by atoms with Crippen LogP contribution in [0.3, 0.4) is 0 Å². The summed E-state index contributed by atoms with van der Waals surface area (Å²) < 4.78 is 7.56. The van der Waals surface area contributed by atoms with Crippen LogP contribution in [0, 0.1) is 0 Å². The maximum Gasteiger partial charge on any atom is 0.338 e. The predicted molar refractivity (Wildman–Crippen MR) is 128 cm³/mol. The summed E-state index contributed by atoms with van der Waals surface area (Å²) >= 11 is 12.5. The van der Waals surface area contributed by atoms with E-state index in [1.54, 1.807) is 30.7 Å². The van der Waals surface area contributed by atoms with Gasteiger partial charge in [0.05, 0.1) is 18.5 Å². The molecule has 0 aliphatic carbocycles. The summed E-state index contributed by atoms with van der Waals surface area (Å²) in [5.74, 6) is -0.296. The van der Waals surface area contributed by atoms with Gasteiger partial charge >= 0.3 is 5.97 Å². The smallest absolute Gasteiger partial charge is 0.338 e. The van der Waals surface area contributed by atoms with Crippen LogP contribution in [0.4, 0.5) is 0 Å². The fraction of sp³-hybridized carbons (Fsp3) is 0.154. The van der Waals surface area contributed by atoms with Crippen LogP contribution in [-0.4, -0.2) is 22.1 Å². The average Bonchev–Trinajstić information content (AvgIpc) is 3.32. The van der Waals surface area contributed by atoms with Gasteiger partial charge in [-0.25, -0.2) is 9.78 Å². The van der Waals surface area contributed by atoms with E-state index in [1.165, 1.54) is 0 Å². The molecular weight excluding hydrogens is 443 g/mol. The SMILES string of the molecule is O=C(OCCC(Cn1ccnc1)c1ccc(Cl)cc1Cl)c1ccc(-c2ccccc2)cc1. The highest BCUT2D eigenvalue weighted by Crippen LogP contribution is 2.31. The Morgan fingerprint density at radius 2 is 1.72 bits per heavy atom. The van der Waals surface area contributed by atoms with E-state index in [4.69, 9.17) is 27.9 Å². The molecule has 0 N–H and O–H groups in total. The van der Waals surface area contributed by atoms with E-state index in [1.807, 2.05) is 65.4 Å². The molecule has 0 saturated carbocycles. The van der Waals surface area contributed by atoms with Crippen LogP contribution < -0.4 is 0 Å². The van der Waals surface area contributed by atoms with Crippen LogP contribution in [-0.2, 0) is 11.3 Å². The van der Waals surface area contributed by atoms with Crippen molar-refractivity contribution in [1.29, 1.82) is 0 Å². The van der Waals surface area contributed by atoms with Gasteiger partial charge in [0.2, 0.25) is 0 Å². The molecule has 1 heterocycles. The van der Waals surface area contributed by atoms with Crippen LogP contribution in [0.5, 0.6) is 0 Å². The van der Waals surface area contributed by atoms with Crippen molar-refractivity contribution in [3.05, 3.63) is 113 Å². The van der Waals surface area contributed by atoms with Crippen LogP contribution in [0.25, 0.3) is 11.1 Å². The molecule has 4 aromatic rings. The van der Waals surface area contributed by atoms with Crippen LogP contribution >= 0.6 is 23.2 Å². The summed E-state index contributed by atoms with van der Waals surface area (Å²) in [5.41, 5.74) is 3.66. The molecule has 32 heavy (non-hydrogen) atoms. The standard InChI is InChI=1S/C26H22Cl2N2O2/c27-23-10-11-24(25(28)16-23)22(17-30-14-13-29-18-30)12-15-32-26(31)21-8-6-20(7-9-21)19-4-2-1-3-5-19/h1-11,13-14,16,18,22H,12,15,17H2. The molecule has 3 aromatic carbocycles. The molecule has 0 fully saturated rings. The molecule has 1 aromatic heterocycles. The Balaban J connectivity index is 1.40. The van der Waals surface area contributed by atoms with Gasteiger partial charge in [0.15, 0.2) is 0 Å². The average molecular weight is 465 g/mol. The normalized spacial score (nSPS) is 11.8. The lowest BCUT2D eigenvalue weighted by molar-refractivity contribution is 0.0491. The molecule has 0 bridgehead atoms.